The van der Waals surface area contributed by atoms with Crippen LogP contribution in [-0.4, -0.2) is 66.0 Å². The van der Waals surface area contributed by atoms with Crippen LogP contribution in [0.3, 0.4) is 0 Å². The lowest BCUT2D eigenvalue weighted by molar-refractivity contribution is -0.136. The van der Waals surface area contributed by atoms with E-state index in [1.165, 1.54) is 18.6 Å². The second-order valence-corrected chi connectivity index (χ2v) is 9.03. The molecule has 2 aromatic rings. The fraction of sp³-hybridized carbons (Fsp3) is 0.522. The molecule has 2 fully saturated rings. The third-order valence-corrected chi connectivity index (χ3v) is 6.70. The highest BCUT2D eigenvalue weighted by molar-refractivity contribution is 5.94. The quantitative estimate of drug-likeness (QED) is 0.764. The van der Waals surface area contributed by atoms with Crippen molar-refractivity contribution >= 4 is 11.8 Å². The fourth-order valence-corrected chi connectivity index (χ4v) is 4.67. The molecule has 0 radical (unpaired) electrons. The molecule has 1 saturated carbocycles. The lowest BCUT2D eigenvalue weighted by Crippen LogP contribution is -2.59. The summed E-state index contributed by atoms with van der Waals surface area (Å²) in [5, 5.41) is 6.68. The third-order valence-electron chi connectivity index (χ3n) is 6.70. The Kier molecular flexibility index (Phi) is 6.28. The minimum atomic E-state index is -0.803. The van der Waals surface area contributed by atoms with Gasteiger partial charge in [-0.05, 0) is 37.3 Å². The minimum absolute atomic E-state index is 0.0153. The zero-order valence-electron chi connectivity index (χ0n) is 18.5. The summed E-state index contributed by atoms with van der Waals surface area (Å²) >= 11 is 0. The molecule has 4 atom stereocenters. The van der Waals surface area contributed by atoms with Gasteiger partial charge in [-0.15, -0.1) is 0 Å². The van der Waals surface area contributed by atoms with Gasteiger partial charge in [-0.2, -0.15) is 0 Å². The zero-order chi connectivity index (χ0) is 23.0. The molecule has 4 rings (SSSR count). The van der Waals surface area contributed by atoms with Gasteiger partial charge in [0, 0.05) is 51.4 Å². The van der Waals surface area contributed by atoms with Crippen LogP contribution in [0.25, 0.3) is 11.3 Å². The van der Waals surface area contributed by atoms with Gasteiger partial charge in [0.2, 0.25) is 5.91 Å². The molecule has 1 aromatic carbocycles. The molecule has 32 heavy (non-hydrogen) atoms. The van der Waals surface area contributed by atoms with Crippen LogP contribution >= 0.6 is 0 Å². The topological polar surface area (TPSA) is 78.7 Å². The van der Waals surface area contributed by atoms with Crippen LogP contribution in [0, 0.1) is 23.5 Å². The molecule has 7 nitrogen and oxygen atoms in total. The lowest BCUT2D eigenvalue weighted by atomic mass is 9.78. The maximum Gasteiger partial charge on any atom is 0.273 e. The van der Waals surface area contributed by atoms with Crippen LogP contribution in [-0.2, 0) is 4.79 Å². The Morgan fingerprint density at radius 3 is 2.59 bits per heavy atom. The van der Waals surface area contributed by atoms with Crippen LogP contribution in [0.2, 0.25) is 0 Å². The number of nitrogens with one attached hydrogen (secondary N) is 1. The van der Waals surface area contributed by atoms with Gasteiger partial charge < -0.3 is 14.7 Å². The largest absolute Gasteiger partial charge is 0.355 e. The van der Waals surface area contributed by atoms with E-state index in [4.69, 9.17) is 4.52 Å². The standard InChI is InChI=1S/C23H28F2N4O3/c1-13-4-7-20(13)29-9-8-18(16(12-29)23(31)28(2)3)26-22(30)19-11-21(32-27-19)15-6-5-14(24)10-17(15)25/h5-6,10-11,13,16,18,20H,4,7-9,12H2,1-3H3,(H,26,30). The second kappa shape index (κ2) is 8.97. The molecular weight excluding hydrogens is 418 g/mol. The number of rotatable bonds is 5. The van der Waals surface area contributed by atoms with Crippen molar-refractivity contribution < 1.29 is 22.9 Å². The van der Waals surface area contributed by atoms with Crippen LogP contribution in [0.4, 0.5) is 8.78 Å². The Morgan fingerprint density at radius 1 is 1.19 bits per heavy atom. The second-order valence-electron chi connectivity index (χ2n) is 9.03. The summed E-state index contributed by atoms with van der Waals surface area (Å²) in [6, 6.07) is 4.55. The van der Waals surface area contributed by atoms with E-state index in [0.717, 1.165) is 25.1 Å². The van der Waals surface area contributed by atoms with E-state index in [2.05, 4.69) is 22.3 Å². The fourth-order valence-electron chi connectivity index (χ4n) is 4.67. The lowest BCUT2D eigenvalue weighted by Gasteiger charge is -2.48. The number of piperidine rings is 1. The Balaban J connectivity index is 1.47. The van der Waals surface area contributed by atoms with Gasteiger partial charge in [0.05, 0.1) is 11.5 Å². The summed E-state index contributed by atoms with van der Waals surface area (Å²) < 4.78 is 32.3. The maximum atomic E-state index is 14.0. The van der Waals surface area contributed by atoms with Crippen molar-refractivity contribution in [2.75, 3.05) is 27.2 Å². The Hall–Kier alpha value is -2.81. The number of hydrogen-bond donors (Lipinski definition) is 1. The summed E-state index contributed by atoms with van der Waals surface area (Å²) in [5.74, 6) is -1.74. The summed E-state index contributed by atoms with van der Waals surface area (Å²) in [7, 11) is 3.43. The first-order valence-electron chi connectivity index (χ1n) is 10.9. The first-order chi connectivity index (χ1) is 15.2. The number of carbonyl (C=O) groups is 2. The van der Waals surface area contributed by atoms with Gasteiger partial charge in [-0.25, -0.2) is 8.78 Å². The molecule has 0 spiro atoms. The third kappa shape index (κ3) is 4.39. The van der Waals surface area contributed by atoms with Crippen molar-refractivity contribution in [1.82, 2.24) is 20.3 Å². The van der Waals surface area contributed by atoms with Crippen LogP contribution < -0.4 is 5.32 Å². The minimum Gasteiger partial charge on any atom is -0.355 e. The molecule has 1 saturated heterocycles. The monoisotopic (exact) mass is 446 g/mol. The van der Waals surface area contributed by atoms with E-state index < -0.39 is 17.5 Å². The van der Waals surface area contributed by atoms with Gasteiger partial charge in [-0.1, -0.05) is 12.1 Å². The molecule has 1 aliphatic carbocycles. The molecule has 1 aromatic heterocycles. The van der Waals surface area contributed by atoms with Crippen molar-refractivity contribution in [3.63, 3.8) is 0 Å². The first-order valence-corrected chi connectivity index (χ1v) is 10.9. The molecule has 9 heteroatoms. The molecule has 4 unspecified atom stereocenters. The average Bonchev–Trinajstić information content (AvgIpc) is 3.23. The van der Waals surface area contributed by atoms with E-state index in [0.29, 0.717) is 24.9 Å². The van der Waals surface area contributed by atoms with Crippen molar-refractivity contribution in [1.29, 1.82) is 0 Å². The van der Waals surface area contributed by atoms with Gasteiger partial charge >= 0.3 is 0 Å². The molecule has 2 amide bonds. The highest BCUT2D eigenvalue weighted by Crippen LogP contribution is 2.34. The Bertz CT molecular complexity index is 1010. The van der Waals surface area contributed by atoms with Crippen LogP contribution in [0.1, 0.15) is 36.7 Å². The number of aromatic nitrogens is 1. The summed E-state index contributed by atoms with van der Waals surface area (Å²) in [4.78, 5) is 29.6. The van der Waals surface area contributed by atoms with Gasteiger partial charge in [0.15, 0.2) is 11.5 Å². The zero-order valence-corrected chi connectivity index (χ0v) is 18.5. The summed E-state index contributed by atoms with van der Waals surface area (Å²) in [5.41, 5.74) is -0.00337. The molecule has 2 aliphatic rings. The van der Waals surface area contributed by atoms with Crippen molar-refractivity contribution in [3.05, 3.63) is 41.6 Å². The molecular formula is C23H28F2N4O3. The Morgan fingerprint density at radius 2 is 1.97 bits per heavy atom. The number of carbonyl (C=O) groups excluding carboxylic acids is 2. The van der Waals surface area contributed by atoms with Crippen molar-refractivity contribution in [3.8, 4) is 11.3 Å². The van der Waals surface area contributed by atoms with E-state index in [1.807, 2.05) is 0 Å². The van der Waals surface area contributed by atoms with Gasteiger partial charge in [0.25, 0.3) is 5.91 Å². The number of hydrogen-bond acceptors (Lipinski definition) is 5. The number of likely N-dealkylation sites (tertiary alicyclic amines) is 1. The predicted octanol–water partition coefficient (Wildman–Crippen LogP) is 2.93. The summed E-state index contributed by atoms with van der Waals surface area (Å²) in [6.07, 6.45) is 3.00. The van der Waals surface area contributed by atoms with Crippen LogP contribution in [0.5, 0.6) is 0 Å². The number of benzene rings is 1. The van der Waals surface area contributed by atoms with Gasteiger partial charge in [0.1, 0.15) is 11.6 Å². The van der Waals surface area contributed by atoms with E-state index >= 15 is 0 Å². The van der Waals surface area contributed by atoms with E-state index in [1.54, 1.807) is 19.0 Å². The maximum absolute atomic E-state index is 14.0. The van der Waals surface area contributed by atoms with Crippen molar-refractivity contribution in [2.24, 2.45) is 11.8 Å². The SMILES string of the molecule is CC1CCC1N1CCC(NC(=O)c2cc(-c3ccc(F)cc3F)on2)C(C(=O)N(C)C)C1. The number of halogens is 2. The summed E-state index contributed by atoms with van der Waals surface area (Å²) in [6.45, 7) is 3.64. The predicted molar refractivity (Wildman–Crippen MR) is 114 cm³/mol. The molecule has 1 N–H and O–H groups in total. The molecule has 2 heterocycles. The highest BCUT2D eigenvalue weighted by Gasteiger charge is 2.41. The highest BCUT2D eigenvalue weighted by atomic mass is 19.1. The smallest absolute Gasteiger partial charge is 0.273 e. The Labute approximate surface area is 185 Å². The first kappa shape index (κ1) is 22.4. The van der Waals surface area contributed by atoms with Gasteiger partial charge in [-0.3, -0.25) is 14.5 Å². The van der Waals surface area contributed by atoms with E-state index in [-0.39, 0.29) is 34.9 Å². The molecule has 0 bridgehead atoms. The molecule has 1 aliphatic heterocycles. The number of amides is 2. The normalized spacial score (nSPS) is 25.8. The van der Waals surface area contributed by atoms with E-state index in [9.17, 15) is 18.4 Å². The average molecular weight is 446 g/mol. The molecule has 172 valence electrons. The van der Waals surface area contributed by atoms with Crippen LogP contribution in [0.15, 0.2) is 28.8 Å². The van der Waals surface area contributed by atoms with Crippen molar-refractivity contribution in [2.45, 2.75) is 38.3 Å². The number of nitrogens with zero attached hydrogens (tertiary/aromatic N) is 3.